The molecule has 6 heteroatoms. The first kappa shape index (κ1) is 17.5. The number of likely N-dealkylation sites (N-methyl/N-ethyl adjacent to an activating group) is 1. The smallest absolute Gasteiger partial charge is 0.249 e. The van der Waals surface area contributed by atoms with Crippen molar-refractivity contribution in [2.75, 3.05) is 18.5 Å². The van der Waals surface area contributed by atoms with E-state index in [9.17, 15) is 14.0 Å². The first-order valence-electron chi connectivity index (χ1n) is 9.60. The molecule has 3 unspecified atom stereocenters. The second-order valence-electron chi connectivity index (χ2n) is 7.93. The molecule has 140 valence electrons. The summed E-state index contributed by atoms with van der Waals surface area (Å²) in [6.07, 6.45) is 5.58. The normalized spacial score (nSPS) is 30.7. The average molecular weight is 359 g/mol. The molecule has 4 rings (SSSR count). The predicted octanol–water partition coefficient (Wildman–Crippen LogP) is 2.31. The van der Waals surface area contributed by atoms with Crippen LogP contribution in [0.2, 0.25) is 0 Å². The Kier molecular flexibility index (Phi) is 4.69. The lowest BCUT2D eigenvalue weighted by molar-refractivity contribution is -0.137. The Morgan fingerprint density at radius 3 is 2.62 bits per heavy atom. The molecule has 3 heterocycles. The van der Waals surface area contributed by atoms with Gasteiger partial charge in [0, 0.05) is 32.1 Å². The fraction of sp³-hybridized carbons (Fsp3) is 0.600. The van der Waals surface area contributed by atoms with Crippen LogP contribution in [0.3, 0.4) is 0 Å². The lowest BCUT2D eigenvalue weighted by Crippen LogP contribution is -2.45. The molecule has 1 aromatic rings. The van der Waals surface area contributed by atoms with Gasteiger partial charge in [0.1, 0.15) is 11.9 Å². The fourth-order valence-electron chi connectivity index (χ4n) is 4.84. The number of piperidine rings is 1. The summed E-state index contributed by atoms with van der Waals surface area (Å²) in [4.78, 5) is 28.6. The minimum Gasteiger partial charge on any atom is -0.334 e. The van der Waals surface area contributed by atoms with Crippen LogP contribution in [0.4, 0.5) is 10.1 Å². The molecule has 0 radical (unpaired) electrons. The van der Waals surface area contributed by atoms with E-state index in [1.54, 1.807) is 30.1 Å². The maximum absolute atomic E-state index is 14.0. The molecule has 0 spiro atoms. The number of nitrogens with zero attached hydrogens (tertiary/aromatic N) is 2. The lowest BCUT2D eigenvalue weighted by Gasteiger charge is -2.31. The van der Waals surface area contributed by atoms with E-state index in [1.807, 2.05) is 0 Å². The molecule has 3 aliphatic heterocycles. The minimum absolute atomic E-state index is 0.0324. The third-order valence-corrected chi connectivity index (χ3v) is 6.22. The number of fused-ring (bicyclic) bond motifs is 2. The van der Waals surface area contributed by atoms with Gasteiger partial charge in [0.25, 0.3) is 0 Å². The van der Waals surface area contributed by atoms with Crippen molar-refractivity contribution in [1.82, 2.24) is 10.2 Å². The molecular formula is C20H26FN3O2. The van der Waals surface area contributed by atoms with Crippen LogP contribution in [-0.4, -0.2) is 48.4 Å². The van der Waals surface area contributed by atoms with E-state index < -0.39 is 11.9 Å². The van der Waals surface area contributed by atoms with Crippen molar-refractivity contribution >= 4 is 17.5 Å². The standard InChI is InChI=1S/C20H26FN3O2/c1-23(19(25)12-13-10-14-6-7-15(11-13)22-14)18-8-9-24(20(18)26)17-5-3-2-4-16(17)21/h2-5,13-15,18,22H,6-12H2,1H3. The van der Waals surface area contributed by atoms with Gasteiger partial charge in [-0.2, -0.15) is 0 Å². The number of para-hydroxylation sites is 1. The number of benzene rings is 1. The van der Waals surface area contributed by atoms with Crippen LogP contribution in [0.5, 0.6) is 0 Å². The molecule has 5 nitrogen and oxygen atoms in total. The summed E-state index contributed by atoms with van der Waals surface area (Å²) in [6, 6.07) is 6.93. The Morgan fingerprint density at radius 2 is 1.92 bits per heavy atom. The lowest BCUT2D eigenvalue weighted by atomic mass is 9.89. The number of hydrogen-bond donors (Lipinski definition) is 1. The highest BCUT2D eigenvalue weighted by molar-refractivity contribution is 6.01. The zero-order chi connectivity index (χ0) is 18.3. The van der Waals surface area contributed by atoms with Crippen LogP contribution in [0, 0.1) is 11.7 Å². The van der Waals surface area contributed by atoms with Crippen LogP contribution in [0.25, 0.3) is 0 Å². The van der Waals surface area contributed by atoms with E-state index in [2.05, 4.69) is 5.32 Å². The first-order valence-corrected chi connectivity index (χ1v) is 9.60. The first-order chi connectivity index (χ1) is 12.5. The molecular weight excluding hydrogens is 333 g/mol. The van der Waals surface area contributed by atoms with Gasteiger partial charge in [0.2, 0.25) is 11.8 Å². The summed E-state index contributed by atoms with van der Waals surface area (Å²) in [5, 5.41) is 3.59. The molecule has 1 aromatic carbocycles. The summed E-state index contributed by atoms with van der Waals surface area (Å²) in [5.74, 6) is -0.148. The Labute approximate surface area is 153 Å². The third kappa shape index (κ3) is 3.22. The fourth-order valence-corrected chi connectivity index (χ4v) is 4.84. The molecule has 3 aliphatic rings. The Balaban J connectivity index is 1.39. The van der Waals surface area contributed by atoms with Crippen molar-refractivity contribution in [3.63, 3.8) is 0 Å². The molecule has 2 amide bonds. The molecule has 2 bridgehead atoms. The van der Waals surface area contributed by atoms with E-state index in [1.165, 1.54) is 23.8 Å². The zero-order valence-electron chi connectivity index (χ0n) is 15.2. The molecule has 0 aromatic heterocycles. The second kappa shape index (κ2) is 6.99. The Hall–Kier alpha value is -1.95. The quantitative estimate of drug-likeness (QED) is 0.898. The van der Waals surface area contributed by atoms with E-state index in [0.29, 0.717) is 43.1 Å². The third-order valence-electron chi connectivity index (χ3n) is 6.22. The van der Waals surface area contributed by atoms with Gasteiger partial charge in [-0.15, -0.1) is 0 Å². The number of anilines is 1. The minimum atomic E-state index is -0.486. The van der Waals surface area contributed by atoms with Crippen molar-refractivity contribution in [2.24, 2.45) is 5.92 Å². The summed E-state index contributed by atoms with van der Waals surface area (Å²) in [6.45, 7) is 0.444. The number of nitrogens with one attached hydrogen (secondary N) is 1. The van der Waals surface area contributed by atoms with Gasteiger partial charge in [-0.05, 0) is 50.2 Å². The Morgan fingerprint density at radius 1 is 1.23 bits per heavy atom. The van der Waals surface area contributed by atoms with Crippen LogP contribution < -0.4 is 10.2 Å². The van der Waals surface area contributed by atoms with Gasteiger partial charge in [-0.1, -0.05) is 12.1 Å². The van der Waals surface area contributed by atoms with Crippen LogP contribution in [0.1, 0.15) is 38.5 Å². The highest BCUT2D eigenvalue weighted by Gasteiger charge is 2.39. The highest BCUT2D eigenvalue weighted by Crippen LogP contribution is 2.33. The van der Waals surface area contributed by atoms with Crippen molar-refractivity contribution in [3.8, 4) is 0 Å². The monoisotopic (exact) mass is 359 g/mol. The van der Waals surface area contributed by atoms with E-state index in [0.717, 1.165) is 12.8 Å². The number of carbonyl (C=O) groups is 2. The van der Waals surface area contributed by atoms with Gasteiger partial charge in [-0.25, -0.2) is 4.39 Å². The molecule has 0 saturated carbocycles. The zero-order valence-corrected chi connectivity index (χ0v) is 15.2. The van der Waals surface area contributed by atoms with Gasteiger partial charge in [0.05, 0.1) is 5.69 Å². The Bertz CT molecular complexity index is 698. The van der Waals surface area contributed by atoms with E-state index in [4.69, 9.17) is 0 Å². The van der Waals surface area contributed by atoms with Gasteiger partial charge in [0.15, 0.2) is 0 Å². The van der Waals surface area contributed by atoms with Gasteiger partial charge < -0.3 is 15.1 Å². The van der Waals surface area contributed by atoms with E-state index in [-0.39, 0.29) is 11.8 Å². The van der Waals surface area contributed by atoms with Crippen LogP contribution in [-0.2, 0) is 9.59 Å². The molecule has 26 heavy (non-hydrogen) atoms. The number of rotatable bonds is 4. The summed E-state index contributed by atoms with van der Waals surface area (Å²) in [5.41, 5.74) is 0.302. The topological polar surface area (TPSA) is 52.7 Å². The molecule has 1 N–H and O–H groups in total. The summed E-state index contributed by atoms with van der Waals surface area (Å²) in [7, 11) is 1.71. The number of hydrogen-bond acceptors (Lipinski definition) is 3. The number of carbonyl (C=O) groups excluding carboxylic acids is 2. The van der Waals surface area contributed by atoms with Gasteiger partial charge >= 0.3 is 0 Å². The number of amides is 2. The van der Waals surface area contributed by atoms with Crippen molar-refractivity contribution < 1.29 is 14.0 Å². The maximum Gasteiger partial charge on any atom is 0.249 e. The molecule has 3 saturated heterocycles. The van der Waals surface area contributed by atoms with Crippen LogP contribution >= 0.6 is 0 Å². The summed E-state index contributed by atoms with van der Waals surface area (Å²) >= 11 is 0. The highest BCUT2D eigenvalue weighted by atomic mass is 19.1. The van der Waals surface area contributed by atoms with Crippen LogP contribution in [0.15, 0.2) is 24.3 Å². The van der Waals surface area contributed by atoms with Crippen molar-refractivity contribution in [2.45, 2.75) is 56.7 Å². The largest absolute Gasteiger partial charge is 0.334 e. The number of halogens is 1. The SMILES string of the molecule is CN(C(=O)CC1CC2CCC(C1)N2)C1CCN(c2ccccc2F)C1=O. The van der Waals surface area contributed by atoms with Crippen molar-refractivity contribution in [3.05, 3.63) is 30.1 Å². The van der Waals surface area contributed by atoms with E-state index >= 15 is 0 Å². The predicted molar refractivity (Wildman–Crippen MR) is 97.2 cm³/mol. The maximum atomic E-state index is 14.0. The molecule has 3 fully saturated rings. The average Bonchev–Trinajstić information content (AvgIpc) is 3.17. The second-order valence-corrected chi connectivity index (χ2v) is 7.93. The van der Waals surface area contributed by atoms with Gasteiger partial charge in [-0.3, -0.25) is 9.59 Å². The molecule has 3 atom stereocenters. The molecule has 0 aliphatic carbocycles. The van der Waals surface area contributed by atoms with Crippen molar-refractivity contribution in [1.29, 1.82) is 0 Å². The summed E-state index contributed by atoms with van der Waals surface area (Å²) < 4.78 is 14.0.